The van der Waals surface area contributed by atoms with Crippen molar-refractivity contribution < 1.29 is 46.2 Å². The third kappa shape index (κ3) is 9.03. The third-order valence-electron chi connectivity index (χ3n) is 11.7. The van der Waals surface area contributed by atoms with Crippen LogP contribution >= 0.6 is 0 Å². The minimum Gasteiger partial charge on any atom is -0.486 e. The SMILES string of the molecule is COc1ccc2nc(C)c(OC3CC4C(=O)NC5(C(=O)NS(=O)(=O)C6(C)CC6)CCC5C=CCCCCCC(NC(=O)OCC(C)(C)C)C(=O)N4C3)c(C(C)F)c2n1. The van der Waals surface area contributed by atoms with Gasteiger partial charge in [0.25, 0.3) is 5.91 Å². The number of rotatable bonds is 9. The second kappa shape index (κ2) is 16.6. The van der Waals surface area contributed by atoms with Gasteiger partial charge in [-0.3, -0.25) is 19.1 Å². The summed E-state index contributed by atoms with van der Waals surface area (Å²) in [5, 5.41) is 5.65. The maximum absolute atomic E-state index is 15.6. The van der Waals surface area contributed by atoms with E-state index in [4.69, 9.17) is 14.2 Å². The molecular formula is C41H57FN6O9S. The highest BCUT2D eigenvalue weighted by molar-refractivity contribution is 7.91. The lowest BCUT2D eigenvalue weighted by Crippen LogP contribution is -2.70. The van der Waals surface area contributed by atoms with Gasteiger partial charge < -0.3 is 29.7 Å². The number of aromatic nitrogens is 2. The number of hydrogen-bond acceptors (Lipinski definition) is 11. The van der Waals surface area contributed by atoms with Gasteiger partial charge in [0.2, 0.25) is 27.7 Å². The number of carbonyl (C=O) groups excluding carboxylic acids is 4. The molecule has 6 atom stereocenters. The Morgan fingerprint density at radius 1 is 1.10 bits per heavy atom. The first kappa shape index (κ1) is 43.0. The van der Waals surface area contributed by atoms with Crippen molar-refractivity contribution in [2.24, 2.45) is 11.3 Å². The van der Waals surface area contributed by atoms with Gasteiger partial charge in [-0.2, -0.15) is 0 Å². The van der Waals surface area contributed by atoms with Crippen molar-refractivity contribution in [1.82, 2.24) is 30.2 Å². The van der Waals surface area contributed by atoms with Crippen molar-refractivity contribution in [2.75, 3.05) is 20.3 Å². The number of aryl methyl sites for hydroxylation is 1. The van der Waals surface area contributed by atoms with Gasteiger partial charge in [-0.05, 0) is 77.2 Å². The molecule has 2 aromatic rings. The zero-order valence-corrected chi connectivity index (χ0v) is 35.3. The van der Waals surface area contributed by atoms with E-state index in [0.29, 0.717) is 43.3 Å². The zero-order chi connectivity index (χ0) is 42.2. The van der Waals surface area contributed by atoms with Gasteiger partial charge in [0.1, 0.15) is 41.2 Å². The number of fused-ring (bicyclic) bond motifs is 3. The summed E-state index contributed by atoms with van der Waals surface area (Å²) in [5.74, 6) is -2.21. The van der Waals surface area contributed by atoms with Crippen LogP contribution in [0.3, 0.4) is 0 Å². The summed E-state index contributed by atoms with van der Waals surface area (Å²) in [6.45, 7) is 10.3. The van der Waals surface area contributed by atoms with E-state index >= 15 is 4.39 Å². The van der Waals surface area contributed by atoms with Crippen LogP contribution in [-0.4, -0.2) is 95.8 Å². The maximum atomic E-state index is 15.6. The van der Waals surface area contributed by atoms with Crippen LogP contribution in [0.1, 0.15) is 116 Å². The van der Waals surface area contributed by atoms with Crippen molar-refractivity contribution in [3.63, 3.8) is 0 Å². The molecule has 318 valence electrons. The molecule has 0 bridgehead atoms. The molecule has 1 saturated heterocycles. The van der Waals surface area contributed by atoms with Gasteiger partial charge in [-0.15, -0.1) is 0 Å². The molecule has 4 amide bonds. The average Bonchev–Trinajstić information content (AvgIpc) is 3.78. The Bertz CT molecular complexity index is 2070. The molecule has 15 nitrogen and oxygen atoms in total. The molecule has 3 N–H and O–H groups in total. The number of alkyl halides is 1. The number of halogens is 1. The number of ether oxygens (including phenoxy) is 3. The van der Waals surface area contributed by atoms with E-state index in [2.05, 4.69) is 25.3 Å². The zero-order valence-electron chi connectivity index (χ0n) is 34.5. The smallest absolute Gasteiger partial charge is 0.407 e. The van der Waals surface area contributed by atoms with Crippen molar-refractivity contribution >= 4 is 44.9 Å². The Morgan fingerprint density at radius 3 is 2.48 bits per heavy atom. The summed E-state index contributed by atoms with van der Waals surface area (Å²) >= 11 is 0. The van der Waals surface area contributed by atoms with Crippen molar-refractivity contribution in [2.45, 2.75) is 140 Å². The molecule has 2 saturated carbocycles. The predicted octanol–water partition coefficient (Wildman–Crippen LogP) is 5.25. The lowest BCUT2D eigenvalue weighted by molar-refractivity contribution is -0.144. The van der Waals surface area contributed by atoms with Crippen LogP contribution in [0.15, 0.2) is 24.3 Å². The summed E-state index contributed by atoms with van der Waals surface area (Å²) in [5.41, 5.74) is -0.769. The molecule has 0 aromatic carbocycles. The minimum absolute atomic E-state index is 0.0730. The van der Waals surface area contributed by atoms with Gasteiger partial charge in [0, 0.05) is 18.4 Å². The standard InChI is InChI=1S/C41H57FN6O9S/c1-24(42)32-33-28(15-16-31(45-33)55-7)43-25(2)34(32)57-27-21-30-35(49)46-41(37(51)47-58(53,54)40(6)19-20-40)18-17-26(41)13-11-9-8-10-12-14-29(36(50)48(30)22-27)44-38(52)56-23-39(3,4)5/h11,13,15-16,24,26-27,29-30H,8-10,12,14,17-23H2,1-7H3,(H,44,52)(H,46,49)(H,47,51). The Labute approximate surface area is 339 Å². The molecule has 2 aromatic heterocycles. The molecule has 2 aliphatic heterocycles. The van der Waals surface area contributed by atoms with E-state index in [1.54, 1.807) is 26.0 Å². The number of methoxy groups -OCH3 is 1. The fourth-order valence-electron chi connectivity index (χ4n) is 7.84. The topological polar surface area (TPSA) is 195 Å². The second-order valence-corrected chi connectivity index (χ2v) is 19.8. The Morgan fingerprint density at radius 2 is 1.84 bits per heavy atom. The molecule has 58 heavy (non-hydrogen) atoms. The van der Waals surface area contributed by atoms with Crippen molar-refractivity contribution in [3.8, 4) is 11.6 Å². The molecule has 17 heteroatoms. The number of nitrogens with zero attached hydrogens (tertiary/aromatic N) is 3. The maximum Gasteiger partial charge on any atom is 0.407 e. The van der Waals surface area contributed by atoms with E-state index < -0.39 is 74.4 Å². The van der Waals surface area contributed by atoms with E-state index in [1.807, 2.05) is 32.9 Å². The quantitative estimate of drug-likeness (QED) is 0.280. The van der Waals surface area contributed by atoms with Crippen LogP contribution < -0.4 is 24.8 Å². The molecule has 0 spiro atoms. The van der Waals surface area contributed by atoms with E-state index in [-0.39, 0.29) is 60.5 Å². The normalized spacial score (nSPS) is 26.8. The number of sulfonamides is 1. The lowest BCUT2D eigenvalue weighted by Gasteiger charge is -2.47. The minimum atomic E-state index is -4.05. The third-order valence-corrected chi connectivity index (χ3v) is 13.9. The largest absolute Gasteiger partial charge is 0.486 e. The van der Waals surface area contributed by atoms with E-state index in [0.717, 1.165) is 12.8 Å². The first-order valence-electron chi connectivity index (χ1n) is 20.2. The lowest BCUT2D eigenvalue weighted by atomic mass is 9.65. The molecule has 0 radical (unpaired) electrons. The highest BCUT2D eigenvalue weighted by Gasteiger charge is 2.58. The van der Waals surface area contributed by atoms with E-state index in [9.17, 15) is 27.6 Å². The number of carbonyl (C=O) groups is 4. The highest BCUT2D eigenvalue weighted by atomic mass is 32.2. The van der Waals surface area contributed by atoms with Crippen molar-refractivity contribution in [1.29, 1.82) is 0 Å². The fourth-order valence-corrected chi connectivity index (χ4v) is 9.15. The molecule has 4 heterocycles. The first-order valence-corrected chi connectivity index (χ1v) is 21.7. The molecule has 6 unspecified atom stereocenters. The number of pyridine rings is 2. The number of allylic oxidation sites excluding steroid dienone is 1. The first-order chi connectivity index (χ1) is 27.3. The Balaban J connectivity index is 1.36. The number of hydrogen-bond donors (Lipinski definition) is 3. The van der Waals surface area contributed by atoms with Gasteiger partial charge in [-0.25, -0.2) is 27.6 Å². The predicted molar refractivity (Wildman–Crippen MR) is 213 cm³/mol. The monoisotopic (exact) mass is 828 g/mol. The van der Waals surface area contributed by atoms with Crippen molar-refractivity contribution in [3.05, 3.63) is 35.5 Å². The average molecular weight is 829 g/mol. The van der Waals surface area contributed by atoms with Crippen LogP contribution in [0.4, 0.5) is 9.18 Å². The number of alkyl carbamates (subject to hydrolysis) is 1. The van der Waals surface area contributed by atoms with E-state index in [1.165, 1.54) is 18.9 Å². The summed E-state index contributed by atoms with van der Waals surface area (Å²) in [4.78, 5) is 66.9. The van der Waals surface area contributed by atoms with Gasteiger partial charge in [0.05, 0.1) is 41.8 Å². The molecule has 6 rings (SSSR count). The second-order valence-electron chi connectivity index (χ2n) is 17.6. The molecular weight excluding hydrogens is 772 g/mol. The van der Waals surface area contributed by atoms with Gasteiger partial charge in [0.15, 0.2) is 0 Å². The fraction of sp³-hybridized carbons (Fsp3) is 0.659. The van der Waals surface area contributed by atoms with Crippen LogP contribution in [0.2, 0.25) is 0 Å². The molecule has 4 aliphatic rings. The Kier molecular flexibility index (Phi) is 12.3. The van der Waals surface area contributed by atoms with Crippen LogP contribution in [0, 0.1) is 18.3 Å². The number of amides is 4. The van der Waals surface area contributed by atoms with Crippen LogP contribution in [0.25, 0.3) is 11.0 Å². The van der Waals surface area contributed by atoms with Crippen LogP contribution in [0.5, 0.6) is 11.6 Å². The van der Waals surface area contributed by atoms with Crippen LogP contribution in [-0.2, 0) is 29.1 Å². The summed E-state index contributed by atoms with van der Waals surface area (Å²) < 4.78 is 60.6. The van der Waals surface area contributed by atoms with Gasteiger partial charge in [-0.1, -0.05) is 45.8 Å². The summed E-state index contributed by atoms with van der Waals surface area (Å²) in [7, 11) is -2.60. The summed E-state index contributed by atoms with van der Waals surface area (Å²) in [6, 6.07) is 1.00. The Hall–Kier alpha value is -4.54. The van der Waals surface area contributed by atoms with Gasteiger partial charge >= 0.3 is 6.09 Å². The summed E-state index contributed by atoms with van der Waals surface area (Å²) in [6.07, 6.45) is 5.05. The molecule has 3 fully saturated rings. The molecule has 2 aliphatic carbocycles. The number of nitrogens with one attached hydrogen (secondary N) is 3. The highest BCUT2D eigenvalue weighted by Crippen LogP contribution is 2.45.